The molecule has 2 heterocycles. The molecule has 0 spiro atoms. The van der Waals surface area contributed by atoms with Gasteiger partial charge in [-0.25, -0.2) is 4.98 Å². The summed E-state index contributed by atoms with van der Waals surface area (Å²) < 4.78 is 10.5. The SMILES string of the molecule is COc1cc2nc(N3CCNCC3)[nH]c(=O)c2cc1OC. The summed E-state index contributed by atoms with van der Waals surface area (Å²) in [6.45, 7) is 3.41. The number of benzene rings is 1. The van der Waals surface area contributed by atoms with E-state index >= 15 is 0 Å². The maximum absolute atomic E-state index is 12.3. The van der Waals surface area contributed by atoms with Crippen molar-refractivity contribution >= 4 is 16.9 Å². The largest absolute Gasteiger partial charge is 0.493 e. The van der Waals surface area contributed by atoms with Crippen molar-refractivity contribution in [3.8, 4) is 11.5 Å². The lowest BCUT2D eigenvalue weighted by Crippen LogP contribution is -2.44. The monoisotopic (exact) mass is 290 g/mol. The highest BCUT2D eigenvalue weighted by Crippen LogP contribution is 2.30. The van der Waals surface area contributed by atoms with Gasteiger partial charge in [0.05, 0.1) is 25.1 Å². The van der Waals surface area contributed by atoms with Crippen molar-refractivity contribution < 1.29 is 9.47 Å². The zero-order valence-electron chi connectivity index (χ0n) is 12.1. The molecule has 7 heteroatoms. The van der Waals surface area contributed by atoms with Gasteiger partial charge in [0, 0.05) is 32.2 Å². The number of hydrogen-bond acceptors (Lipinski definition) is 6. The minimum Gasteiger partial charge on any atom is -0.493 e. The van der Waals surface area contributed by atoms with Crippen molar-refractivity contribution in [3.63, 3.8) is 0 Å². The minimum atomic E-state index is -0.172. The van der Waals surface area contributed by atoms with Gasteiger partial charge in [0.1, 0.15) is 0 Å². The summed E-state index contributed by atoms with van der Waals surface area (Å²) in [7, 11) is 3.11. The van der Waals surface area contributed by atoms with E-state index in [2.05, 4.69) is 20.2 Å². The summed E-state index contributed by atoms with van der Waals surface area (Å²) in [5.41, 5.74) is 0.430. The molecule has 21 heavy (non-hydrogen) atoms. The molecule has 1 aromatic heterocycles. The van der Waals surface area contributed by atoms with E-state index in [0.717, 1.165) is 26.2 Å². The van der Waals surface area contributed by atoms with E-state index in [9.17, 15) is 4.79 Å². The first-order chi connectivity index (χ1) is 10.2. The molecule has 0 atom stereocenters. The van der Waals surface area contributed by atoms with Crippen molar-refractivity contribution in [2.45, 2.75) is 0 Å². The molecule has 2 N–H and O–H groups in total. The number of rotatable bonds is 3. The summed E-state index contributed by atoms with van der Waals surface area (Å²) in [5.74, 6) is 1.68. The number of fused-ring (bicyclic) bond motifs is 1. The van der Waals surface area contributed by atoms with Crippen LogP contribution in [0.3, 0.4) is 0 Å². The van der Waals surface area contributed by atoms with Crippen molar-refractivity contribution in [2.24, 2.45) is 0 Å². The van der Waals surface area contributed by atoms with Gasteiger partial charge in [-0.15, -0.1) is 0 Å². The van der Waals surface area contributed by atoms with E-state index in [0.29, 0.717) is 28.4 Å². The van der Waals surface area contributed by atoms with Crippen molar-refractivity contribution in [3.05, 3.63) is 22.5 Å². The maximum atomic E-state index is 12.3. The van der Waals surface area contributed by atoms with Gasteiger partial charge in [0.25, 0.3) is 5.56 Å². The third-order valence-electron chi connectivity index (χ3n) is 3.61. The highest BCUT2D eigenvalue weighted by Gasteiger charge is 2.16. The van der Waals surface area contributed by atoms with E-state index in [4.69, 9.17) is 9.47 Å². The molecule has 1 saturated heterocycles. The molecule has 3 rings (SSSR count). The summed E-state index contributed by atoms with van der Waals surface area (Å²) >= 11 is 0. The van der Waals surface area contributed by atoms with Crippen LogP contribution >= 0.6 is 0 Å². The summed E-state index contributed by atoms with van der Waals surface area (Å²) in [6, 6.07) is 3.39. The molecule has 1 aromatic carbocycles. The molecule has 112 valence electrons. The Hall–Kier alpha value is -2.28. The van der Waals surface area contributed by atoms with Gasteiger partial charge in [-0.3, -0.25) is 9.78 Å². The van der Waals surface area contributed by atoms with Gasteiger partial charge >= 0.3 is 0 Å². The summed E-state index contributed by atoms with van der Waals surface area (Å²) in [4.78, 5) is 21.7. The van der Waals surface area contributed by atoms with E-state index in [1.165, 1.54) is 0 Å². The zero-order valence-corrected chi connectivity index (χ0v) is 12.1. The standard InChI is InChI=1S/C14H18N4O3/c1-20-11-7-9-10(8-12(11)21-2)16-14(17-13(9)19)18-5-3-15-4-6-18/h7-8,15H,3-6H2,1-2H3,(H,16,17,19). The topological polar surface area (TPSA) is 79.5 Å². The quantitative estimate of drug-likeness (QED) is 0.849. The van der Waals surface area contributed by atoms with Crippen LogP contribution < -0.4 is 25.2 Å². The predicted octanol–water partition coefficient (Wildman–Crippen LogP) is 0.350. The van der Waals surface area contributed by atoms with Gasteiger partial charge in [-0.1, -0.05) is 0 Å². The second-order valence-electron chi connectivity index (χ2n) is 4.85. The maximum Gasteiger partial charge on any atom is 0.260 e. The summed E-state index contributed by atoms with van der Waals surface area (Å²) in [6.07, 6.45) is 0. The van der Waals surface area contributed by atoms with Crippen LogP contribution in [0.4, 0.5) is 5.95 Å². The molecule has 1 fully saturated rings. The highest BCUT2D eigenvalue weighted by molar-refractivity contribution is 5.82. The third-order valence-corrected chi connectivity index (χ3v) is 3.61. The van der Waals surface area contributed by atoms with Crippen molar-refractivity contribution in [1.82, 2.24) is 15.3 Å². The number of nitrogens with one attached hydrogen (secondary N) is 2. The molecule has 0 bridgehead atoms. The van der Waals surface area contributed by atoms with Gasteiger partial charge in [-0.05, 0) is 6.07 Å². The molecular weight excluding hydrogens is 272 g/mol. The van der Waals surface area contributed by atoms with Crippen LogP contribution in [0.15, 0.2) is 16.9 Å². The smallest absolute Gasteiger partial charge is 0.260 e. The molecule has 0 saturated carbocycles. The number of nitrogens with zero attached hydrogens (tertiary/aromatic N) is 2. The Bertz CT molecular complexity index is 707. The lowest BCUT2D eigenvalue weighted by molar-refractivity contribution is 0.355. The Morgan fingerprint density at radius 3 is 2.48 bits per heavy atom. The Kier molecular flexibility index (Phi) is 3.66. The van der Waals surface area contributed by atoms with E-state index < -0.39 is 0 Å². The molecule has 0 aliphatic carbocycles. The van der Waals surface area contributed by atoms with Gasteiger partial charge < -0.3 is 19.7 Å². The lowest BCUT2D eigenvalue weighted by Gasteiger charge is -2.27. The second-order valence-corrected chi connectivity index (χ2v) is 4.85. The zero-order chi connectivity index (χ0) is 14.8. The molecule has 7 nitrogen and oxygen atoms in total. The number of H-pyrrole nitrogens is 1. The van der Waals surface area contributed by atoms with Gasteiger partial charge in [-0.2, -0.15) is 0 Å². The summed E-state index contributed by atoms with van der Waals surface area (Å²) in [5, 5.41) is 3.76. The van der Waals surface area contributed by atoms with Crippen LogP contribution in [0, 0.1) is 0 Å². The average Bonchev–Trinajstić information content (AvgIpc) is 2.54. The fraction of sp³-hybridized carbons (Fsp3) is 0.429. The normalized spacial score (nSPS) is 15.2. The van der Waals surface area contributed by atoms with Crippen molar-refractivity contribution in [2.75, 3.05) is 45.3 Å². The first-order valence-electron chi connectivity index (χ1n) is 6.84. The Morgan fingerprint density at radius 2 is 1.81 bits per heavy atom. The first-order valence-corrected chi connectivity index (χ1v) is 6.84. The first kappa shape index (κ1) is 13.7. The fourth-order valence-electron chi connectivity index (χ4n) is 2.48. The van der Waals surface area contributed by atoms with Crippen molar-refractivity contribution in [1.29, 1.82) is 0 Å². The number of aromatic nitrogens is 2. The average molecular weight is 290 g/mol. The van der Waals surface area contributed by atoms with Crippen LogP contribution in [-0.4, -0.2) is 50.4 Å². The van der Waals surface area contributed by atoms with Gasteiger partial charge in [0.15, 0.2) is 11.5 Å². The number of aromatic amines is 1. The van der Waals surface area contributed by atoms with Crippen LogP contribution in [0.1, 0.15) is 0 Å². The molecule has 0 radical (unpaired) electrons. The molecule has 1 aliphatic rings. The van der Waals surface area contributed by atoms with Crippen LogP contribution in [0.25, 0.3) is 10.9 Å². The molecule has 2 aromatic rings. The van der Waals surface area contributed by atoms with E-state index in [-0.39, 0.29) is 5.56 Å². The van der Waals surface area contributed by atoms with Crippen LogP contribution in [0.5, 0.6) is 11.5 Å². The molecule has 0 amide bonds. The number of methoxy groups -OCH3 is 2. The van der Waals surface area contributed by atoms with Crippen LogP contribution in [0.2, 0.25) is 0 Å². The third kappa shape index (κ3) is 2.52. The van der Waals surface area contributed by atoms with Crippen LogP contribution in [-0.2, 0) is 0 Å². The highest BCUT2D eigenvalue weighted by atomic mass is 16.5. The molecule has 1 aliphatic heterocycles. The second kappa shape index (κ2) is 5.61. The number of hydrogen-bond donors (Lipinski definition) is 2. The number of anilines is 1. The molecular formula is C14H18N4O3. The van der Waals surface area contributed by atoms with E-state index in [1.807, 2.05) is 0 Å². The Balaban J connectivity index is 2.11. The van der Waals surface area contributed by atoms with E-state index in [1.54, 1.807) is 26.4 Å². The Labute approximate surface area is 121 Å². The lowest BCUT2D eigenvalue weighted by atomic mass is 10.2. The predicted molar refractivity (Wildman–Crippen MR) is 80.6 cm³/mol. The molecule has 0 unspecified atom stereocenters. The number of piperazine rings is 1. The number of ether oxygens (including phenoxy) is 2. The Morgan fingerprint density at radius 1 is 1.14 bits per heavy atom. The fourth-order valence-corrected chi connectivity index (χ4v) is 2.48. The minimum absolute atomic E-state index is 0.172. The van der Waals surface area contributed by atoms with Gasteiger partial charge in [0.2, 0.25) is 5.95 Å².